The number of piperidine rings is 1. The molecule has 2 rings (SSSR count). The van der Waals surface area contributed by atoms with Crippen molar-refractivity contribution < 1.29 is 14.8 Å². The summed E-state index contributed by atoms with van der Waals surface area (Å²) >= 11 is 0. The summed E-state index contributed by atoms with van der Waals surface area (Å²) in [6.45, 7) is 2.82. The third-order valence-electron chi connectivity index (χ3n) is 4.02. The normalized spacial score (nSPS) is 22.0. The minimum Gasteiger partial charge on any atom is -0.481 e. The molecule has 1 aliphatic rings. The third kappa shape index (κ3) is 2.96. The van der Waals surface area contributed by atoms with Gasteiger partial charge in [0, 0.05) is 25.4 Å². The lowest BCUT2D eigenvalue weighted by Gasteiger charge is -2.40. The molecular weight excluding hydrogens is 274 g/mol. The molecule has 1 aromatic rings. The predicted molar refractivity (Wildman–Crippen MR) is 77.3 cm³/mol. The van der Waals surface area contributed by atoms with Crippen LogP contribution in [0.25, 0.3) is 0 Å². The van der Waals surface area contributed by atoms with Gasteiger partial charge in [-0.3, -0.25) is 14.9 Å². The highest BCUT2D eigenvalue weighted by molar-refractivity contribution is 5.76. The van der Waals surface area contributed by atoms with Crippen molar-refractivity contribution in [2.24, 2.45) is 5.41 Å². The second-order valence-corrected chi connectivity index (χ2v) is 5.46. The van der Waals surface area contributed by atoms with Crippen molar-refractivity contribution >= 4 is 17.5 Å². The zero-order valence-electron chi connectivity index (χ0n) is 12.0. The van der Waals surface area contributed by atoms with Crippen LogP contribution in [0.2, 0.25) is 0 Å². The molecule has 1 aliphatic heterocycles. The van der Waals surface area contributed by atoms with Gasteiger partial charge >= 0.3 is 11.7 Å². The minimum absolute atomic E-state index is 0.0739. The molecule has 0 aliphatic carbocycles. The Bertz CT molecular complexity index is 545. The van der Waals surface area contributed by atoms with Crippen molar-refractivity contribution in [1.29, 1.82) is 0 Å². The van der Waals surface area contributed by atoms with E-state index >= 15 is 0 Å². The monoisotopic (exact) mass is 293 g/mol. The smallest absolute Gasteiger partial charge is 0.311 e. The van der Waals surface area contributed by atoms with E-state index in [0.717, 1.165) is 6.42 Å². The first-order chi connectivity index (χ1) is 10.00. The topological polar surface area (TPSA) is 96.6 Å². The van der Waals surface area contributed by atoms with Crippen molar-refractivity contribution in [3.05, 3.63) is 28.4 Å². The van der Waals surface area contributed by atoms with E-state index in [9.17, 15) is 20.0 Å². The van der Waals surface area contributed by atoms with Crippen molar-refractivity contribution in [1.82, 2.24) is 4.98 Å². The zero-order valence-corrected chi connectivity index (χ0v) is 12.0. The number of hydrogen-bond acceptors (Lipinski definition) is 5. The summed E-state index contributed by atoms with van der Waals surface area (Å²) in [6, 6.07) is 2.92. The summed E-state index contributed by atoms with van der Waals surface area (Å²) in [4.78, 5) is 28.2. The molecule has 0 spiro atoms. The summed E-state index contributed by atoms with van der Waals surface area (Å²) in [5, 5.41) is 20.7. The lowest BCUT2D eigenvalue weighted by Crippen LogP contribution is -2.48. The summed E-state index contributed by atoms with van der Waals surface area (Å²) in [5.41, 5.74) is -0.909. The summed E-state index contributed by atoms with van der Waals surface area (Å²) in [5.74, 6) is -0.559. The van der Waals surface area contributed by atoms with Crippen molar-refractivity contribution in [2.75, 3.05) is 18.0 Å². The maximum atomic E-state index is 11.7. The van der Waals surface area contributed by atoms with Gasteiger partial charge < -0.3 is 10.0 Å². The van der Waals surface area contributed by atoms with Gasteiger partial charge in [0.25, 0.3) is 0 Å². The molecule has 1 atom stereocenters. The predicted octanol–water partition coefficient (Wildman–Crippen LogP) is 2.46. The van der Waals surface area contributed by atoms with Gasteiger partial charge in [0.15, 0.2) is 0 Å². The summed E-state index contributed by atoms with van der Waals surface area (Å²) in [7, 11) is 0. The van der Waals surface area contributed by atoms with Gasteiger partial charge in [0.2, 0.25) is 5.82 Å². The van der Waals surface area contributed by atoms with Crippen LogP contribution >= 0.6 is 0 Å². The van der Waals surface area contributed by atoms with Crippen molar-refractivity contribution in [3.8, 4) is 0 Å². The quantitative estimate of drug-likeness (QED) is 0.661. The van der Waals surface area contributed by atoms with Gasteiger partial charge in [0.1, 0.15) is 0 Å². The SMILES string of the molecule is CCCC1(C(=O)O)CCCN(c2ncccc2[N+](=O)[O-])C1. The van der Waals surface area contributed by atoms with Crippen LogP contribution in [0, 0.1) is 15.5 Å². The van der Waals surface area contributed by atoms with Crippen LogP contribution in [0.1, 0.15) is 32.6 Å². The number of nitrogens with zero attached hydrogens (tertiary/aromatic N) is 3. The highest BCUT2D eigenvalue weighted by Crippen LogP contribution is 2.38. The highest BCUT2D eigenvalue weighted by atomic mass is 16.6. The maximum Gasteiger partial charge on any atom is 0.311 e. The fraction of sp³-hybridized carbons (Fsp3) is 0.571. The molecule has 1 fully saturated rings. The molecule has 1 N–H and O–H groups in total. The highest BCUT2D eigenvalue weighted by Gasteiger charge is 2.42. The Morgan fingerprint density at radius 1 is 1.62 bits per heavy atom. The van der Waals surface area contributed by atoms with E-state index in [1.807, 2.05) is 6.92 Å². The van der Waals surface area contributed by atoms with Crippen LogP contribution in [0.15, 0.2) is 18.3 Å². The number of carbonyl (C=O) groups is 1. The van der Waals surface area contributed by atoms with Gasteiger partial charge in [-0.2, -0.15) is 0 Å². The Balaban J connectivity index is 2.33. The lowest BCUT2D eigenvalue weighted by molar-refractivity contribution is -0.384. The van der Waals surface area contributed by atoms with E-state index in [1.165, 1.54) is 18.3 Å². The van der Waals surface area contributed by atoms with Crippen LogP contribution in [-0.2, 0) is 4.79 Å². The maximum absolute atomic E-state index is 11.7. The number of nitro groups is 1. The molecular formula is C14H19N3O4. The molecule has 2 heterocycles. The van der Waals surface area contributed by atoms with Gasteiger partial charge in [0.05, 0.1) is 10.3 Å². The number of rotatable bonds is 5. The Kier molecular flexibility index (Phi) is 4.40. The number of pyridine rings is 1. The molecule has 1 unspecified atom stereocenters. The van der Waals surface area contributed by atoms with Crippen LogP contribution in [0.4, 0.5) is 11.5 Å². The van der Waals surface area contributed by atoms with Crippen LogP contribution in [0.5, 0.6) is 0 Å². The molecule has 114 valence electrons. The van der Waals surface area contributed by atoms with Crippen LogP contribution < -0.4 is 4.90 Å². The van der Waals surface area contributed by atoms with E-state index in [1.54, 1.807) is 4.90 Å². The average molecular weight is 293 g/mol. The minimum atomic E-state index is -0.835. The van der Waals surface area contributed by atoms with E-state index in [4.69, 9.17) is 0 Å². The Morgan fingerprint density at radius 3 is 3.00 bits per heavy atom. The first kappa shape index (κ1) is 15.2. The van der Waals surface area contributed by atoms with E-state index < -0.39 is 16.3 Å². The fourth-order valence-corrected chi connectivity index (χ4v) is 3.05. The van der Waals surface area contributed by atoms with E-state index in [0.29, 0.717) is 25.8 Å². The Labute approximate surface area is 122 Å². The molecule has 0 aromatic carbocycles. The van der Waals surface area contributed by atoms with Crippen molar-refractivity contribution in [3.63, 3.8) is 0 Å². The molecule has 7 nitrogen and oxygen atoms in total. The molecule has 1 aromatic heterocycles. The van der Waals surface area contributed by atoms with Gasteiger partial charge in [-0.25, -0.2) is 4.98 Å². The summed E-state index contributed by atoms with van der Waals surface area (Å²) < 4.78 is 0. The number of anilines is 1. The Hall–Kier alpha value is -2.18. The number of hydrogen-bond donors (Lipinski definition) is 1. The number of carboxylic acids is 1. The second kappa shape index (κ2) is 6.07. The van der Waals surface area contributed by atoms with Gasteiger partial charge in [-0.1, -0.05) is 13.3 Å². The van der Waals surface area contributed by atoms with E-state index in [2.05, 4.69) is 4.98 Å². The Morgan fingerprint density at radius 2 is 2.38 bits per heavy atom. The summed E-state index contributed by atoms with van der Waals surface area (Å²) in [6.07, 6.45) is 4.14. The molecule has 0 radical (unpaired) electrons. The van der Waals surface area contributed by atoms with E-state index in [-0.39, 0.29) is 18.1 Å². The molecule has 0 amide bonds. The fourth-order valence-electron chi connectivity index (χ4n) is 3.05. The first-order valence-corrected chi connectivity index (χ1v) is 7.08. The van der Waals surface area contributed by atoms with Crippen LogP contribution in [-0.4, -0.2) is 34.1 Å². The molecule has 1 saturated heterocycles. The first-order valence-electron chi connectivity index (χ1n) is 7.08. The zero-order chi connectivity index (χ0) is 15.5. The molecule has 0 bridgehead atoms. The number of aliphatic carboxylic acids is 1. The van der Waals surface area contributed by atoms with Crippen molar-refractivity contribution in [2.45, 2.75) is 32.6 Å². The molecule has 21 heavy (non-hydrogen) atoms. The van der Waals surface area contributed by atoms with Gasteiger partial charge in [-0.05, 0) is 25.3 Å². The number of carboxylic acid groups (broad SMARTS) is 1. The molecule has 0 saturated carbocycles. The van der Waals surface area contributed by atoms with Gasteiger partial charge in [-0.15, -0.1) is 0 Å². The lowest BCUT2D eigenvalue weighted by atomic mass is 9.76. The largest absolute Gasteiger partial charge is 0.481 e. The second-order valence-electron chi connectivity index (χ2n) is 5.46. The van der Waals surface area contributed by atoms with Crippen LogP contribution in [0.3, 0.4) is 0 Å². The average Bonchev–Trinajstić information content (AvgIpc) is 2.47. The standard InChI is InChI=1S/C14H19N3O4/c1-2-6-14(13(18)19)7-4-9-16(10-14)12-11(17(20)21)5-3-8-15-12/h3,5,8H,2,4,6-7,9-10H2,1H3,(H,18,19). The third-order valence-corrected chi connectivity index (χ3v) is 4.02. The molecule has 7 heteroatoms. The number of aromatic nitrogens is 1.